The van der Waals surface area contributed by atoms with Crippen molar-refractivity contribution in [1.29, 1.82) is 0 Å². The highest BCUT2D eigenvalue weighted by atomic mass is 35.5. The molecule has 0 saturated carbocycles. The quantitative estimate of drug-likeness (QED) is 0.728. The summed E-state index contributed by atoms with van der Waals surface area (Å²) in [4.78, 5) is 4.41. The van der Waals surface area contributed by atoms with Crippen LogP contribution in [0.1, 0.15) is 45.7 Å². The van der Waals surface area contributed by atoms with Crippen molar-refractivity contribution in [2.75, 3.05) is 0 Å². The molecule has 0 aliphatic carbocycles. The van der Waals surface area contributed by atoms with Crippen LogP contribution in [0.25, 0.3) is 0 Å². The molecule has 14 heavy (non-hydrogen) atoms. The molecular formula is C12H18ClN. The molecule has 0 bridgehead atoms. The van der Waals surface area contributed by atoms with Gasteiger partial charge in [-0.15, -0.1) is 0 Å². The Kier molecular flexibility index (Phi) is 3.94. The van der Waals surface area contributed by atoms with Crippen molar-refractivity contribution in [3.8, 4) is 0 Å². The highest BCUT2D eigenvalue weighted by Gasteiger charge is 2.24. The fourth-order valence-electron chi connectivity index (χ4n) is 1.77. The van der Waals surface area contributed by atoms with E-state index in [-0.39, 0.29) is 5.41 Å². The van der Waals surface area contributed by atoms with Crippen molar-refractivity contribution in [3.63, 3.8) is 0 Å². The van der Waals surface area contributed by atoms with E-state index in [1.807, 2.05) is 12.1 Å². The molecule has 0 radical (unpaired) electrons. The number of hydrogen-bond donors (Lipinski definition) is 0. The number of rotatable bonds is 4. The fourth-order valence-corrected chi connectivity index (χ4v) is 1.88. The molecule has 1 atom stereocenters. The van der Waals surface area contributed by atoms with E-state index >= 15 is 0 Å². The van der Waals surface area contributed by atoms with Gasteiger partial charge in [0.05, 0.1) is 5.02 Å². The summed E-state index contributed by atoms with van der Waals surface area (Å²) >= 11 is 5.82. The summed E-state index contributed by atoms with van der Waals surface area (Å²) in [7, 11) is 0. The Balaban J connectivity index is 2.94. The van der Waals surface area contributed by atoms with Gasteiger partial charge in [0, 0.05) is 17.3 Å². The van der Waals surface area contributed by atoms with Crippen molar-refractivity contribution < 1.29 is 0 Å². The number of hydrogen-bond acceptors (Lipinski definition) is 1. The summed E-state index contributed by atoms with van der Waals surface area (Å²) in [6.07, 6.45) is 5.22. The molecule has 1 aromatic heterocycles. The predicted molar refractivity (Wildman–Crippen MR) is 61.8 cm³/mol. The number of halogens is 1. The molecule has 0 aromatic carbocycles. The lowest BCUT2D eigenvalue weighted by Gasteiger charge is -2.27. The van der Waals surface area contributed by atoms with Crippen LogP contribution in [0.3, 0.4) is 0 Å². The molecule has 1 rings (SSSR count). The van der Waals surface area contributed by atoms with Gasteiger partial charge in [0.1, 0.15) is 0 Å². The smallest absolute Gasteiger partial charge is 0.0589 e. The van der Waals surface area contributed by atoms with Gasteiger partial charge in [-0.25, -0.2) is 0 Å². The van der Waals surface area contributed by atoms with Crippen LogP contribution in [-0.4, -0.2) is 4.98 Å². The van der Waals surface area contributed by atoms with Crippen molar-refractivity contribution in [1.82, 2.24) is 4.98 Å². The lowest BCUT2D eigenvalue weighted by Crippen LogP contribution is -2.21. The molecule has 0 saturated heterocycles. The van der Waals surface area contributed by atoms with E-state index in [1.165, 1.54) is 12.8 Å². The third-order valence-corrected chi connectivity index (χ3v) is 3.15. The molecule has 78 valence electrons. The maximum atomic E-state index is 5.82. The van der Waals surface area contributed by atoms with Crippen LogP contribution in [0.2, 0.25) is 5.02 Å². The van der Waals surface area contributed by atoms with Crippen LogP contribution in [0.5, 0.6) is 0 Å². The first-order valence-corrected chi connectivity index (χ1v) is 5.62. The zero-order valence-electron chi connectivity index (χ0n) is 9.18. The van der Waals surface area contributed by atoms with Crippen LogP contribution < -0.4 is 0 Å². The van der Waals surface area contributed by atoms with Gasteiger partial charge in [-0.2, -0.15) is 0 Å². The zero-order chi connectivity index (χ0) is 10.6. The van der Waals surface area contributed by atoms with Crippen molar-refractivity contribution in [2.24, 2.45) is 0 Å². The monoisotopic (exact) mass is 211 g/mol. The SMILES string of the molecule is CCCC(C)(CC)c1ccc(Cl)cn1. The minimum absolute atomic E-state index is 0.208. The maximum Gasteiger partial charge on any atom is 0.0589 e. The van der Waals surface area contributed by atoms with Crippen molar-refractivity contribution >= 4 is 11.6 Å². The third-order valence-electron chi connectivity index (χ3n) is 2.93. The summed E-state index contributed by atoms with van der Waals surface area (Å²) in [5.41, 5.74) is 1.37. The van der Waals surface area contributed by atoms with Gasteiger partial charge >= 0.3 is 0 Å². The Morgan fingerprint density at radius 3 is 2.50 bits per heavy atom. The summed E-state index contributed by atoms with van der Waals surface area (Å²) in [5.74, 6) is 0. The first kappa shape index (κ1) is 11.5. The van der Waals surface area contributed by atoms with E-state index in [1.54, 1.807) is 6.20 Å². The lowest BCUT2D eigenvalue weighted by molar-refractivity contribution is 0.402. The minimum atomic E-state index is 0.208. The van der Waals surface area contributed by atoms with E-state index in [2.05, 4.69) is 25.8 Å². The Hall–Kier alpha value is -0.560. The molecule has 2 heteroatoms. The van der Waals surface area contributed by atoms with E-state index in [0.29, 0.717) is 5.02 Å². The molecular weight excluding hydrogens is 194 g/mol. The number of nitrogens with zero attached hydrogens (tertiary/aromatic N) is 1. The summed E-state index contributed by atoms with van der Waals surface area (Å²) < 4.78 is 0. The standard InChI is InChI=1S/C12H18ClN/c1-4-8-12(3,5-2)11-7-6-10(13)9-14-11/h6-7,9H,4-5,8H2,1-3H3. The second-order valence-corrected chi connectivity index (χ2v) is 4.46. The van der Waals surface area contributed by atoms with Gasteiger partial charge in [0.2, 0.25) is 0 Å². The Bertz CT molecular complexity index is 281. The summed E-state index contributed by atoms with van der Waals surface area (Å²) in [5, 5.41) is 0.712. The first-order valence-electron chi connectivity index (χ1n) is 5.24. The molecule has 1 nitrogen and oxygen atoms in total. The van der Waals surface area contributed by atoms with E-state index in [4.69, 9.17) is 11.6 Å². The van der Waals surface area contributed by atoms with Crippen LogP contribution in [0.4, 0.5) is 0 Å². The van der Waals surface area contributed by atoms with Gasteiger partial charge in [-0.05, 0) is 25.0 Å². The lowest BCUT2D eigenvalue weighted by atomic mass is 9.79. The van der Waals surface area contributed by atoms with Gasteiger partial charge in [0.15, 0.2) is 0 Å². The average molecular weight is 212 g/mol. The van der Waals surface area contributed by atoms with Gasteiger partial charge < -0.3 is 0 Å². The molecule has 0 fully saturated rings. The fraction of sp³-hybridized carbons (Fsp3) is 0.583. The normalized spacial score (nSPS) is 15.1. The molecule has 1 aromatic rings. The Morgan fingerprint density at radius 1 is 1.36 bits per heavy atom. The van der Waals surface area contributed by atoms with Crippen LogP contribution >= 0.6 is 11.6 Å². The van der Waals surface area contributed by atoms with Crippen LogP contribution in [-0.2, 0) is 5.41 Å². The summed E-state index contributed by atoms with van der Waals surface area (Å²) in [6.45, 7) is 6.70. The van der Waals surface area contributed by atoms with Crippen molar-refractivity contribution in [3.05, 3.63) is 29.0 Å². The molecule has 0 spiro atoms. The van der Waals surface area contributed by atoms with E-state index < -0.39 is 0 Å². The van der Waals surface area contributed by atoms with Crippen LogP contribution in [0.15, 0.2) is 18.3 Å². The molecule has 0 N–H and O–H groups in total. The largest absolute Gasteiger partial charge is 0.259 e. The average Bonchev–Trinajstić information content (AvgIpc) is 2.19. The predicted octanol–water partition coefficient (Wildman–Crippen LogP) is 4.20. The molecule has 0 amide bonds. The van der Waals surface area contributed by atoms with Gasteiger partial charge in [-0.3, -0.25) is 4.98 Å². The molecule has 0 aliphatic rings. The number of aromatic nitrogens is 1. The zero-order valence-corrected chi connectivity index (χ0v) is 9.93. The Morgan fingerprint density at radius 2 is 2.07 bits per heavy atom. The van der Waals surface area contributed by atoms with Gasteiger partial charge in [-0.1, -0.05) is 38.8 Å². The highest BCUT2D eigenvalue weighted by molar-refractivity contribution is 6.30. The van der Waals surface area contributed by atoms with Gasteiger partial charge in [0.25, 0.3) is 0 Å². The third kappa shape index (κ3) is 2.48. The van der Waals surface area contributed by atoms with E-state index in [0.717, 1.165) is 12.1 Å². The molecule has 1 heterocycles. The second kappa shape index (κ2) is 4.79. The molecule has 0 aliphatic heterocycles. The first-order chi connectivity index (χ1) is 6.62. The molecule has 1 unspecified atom stereocenters. The van der Waals surface area contributed by atoms with E-state index in [9.17, 15) is 0 Å². The second-order valence-electron chi connectivity index (χ2n) is 4.03. The van der Waals surface area contributed by atoms with Crippen LogP contribution in [0, 0.1) is 0 Å². The highest BCUT2D eigenvalue weighted by Crippen LogP contribution is 2.31. The Labute approximate surface area is 91.5 Å². The topological polar surface area (TPSA) is 12.9 Å². The number of pyridine rings is 1. The summed E-state index contributed by atoms with van der Waals surface area (Å²) in [6, 6.07) is 3.97. The van der Waals surface area contributed by atoms with Crippen molar-refractivity contribution in [2.45, 2.75) is 45.4 Å². The minimum Gasteiger partial charge on any atom is -0.259 e. The maximum absolute atomic E-state index is 5.82.